The van der Waals surface area contributed by atoms with Crippen molar-refractivity contribution in [2.45, 2.75) is 39.2 Å². The van der Waals surface area contributed by atoms with Gasteiger partial charge in [0.25, 0.3) is 0 Å². The lowest BCUT2D eigenvalue weighted by Crippen LogP contribution is -2.40. The second kappa shape index (κ2) is 6.86. The molecule has 2 atom stereocenters. The van der Waals surface area contributed by atoms with Gasteiger partial charge in [-0.25, -0.2) is 0 Å². The molecule has 0 spiro atoms. The summed E-state index contributed by atoms with van der Waals surface area (Å²) in [5, 5.41) is 12.8. The van der Waals surface area contributed by atoms with Gasteiger partial charge in [0.1, 0.15) is 0 Å². The highest BCUT2D eigenvalue weighted by atomic mass is 16.3. The maximum Gasteiger partial charge on any atom is 0.236 e. The number of carbonyl (C=O) groups is 1. The molecule has 0 radical (unpaired) electrons. The topological polar surface area (TPSA) is 52.6 Å². The van der Waals surface area contributed by atoms with Crippen LogP contribution in [0.1, 0.15) is 33.1 Å². The van der Waals surface area contributed by atoms with Gasteiger partial charge in [-0.05, 0) is 32.6 Å². The number of aliphatic hydroxyl groups is 1. The number of rotatable bonds is 6. The standard InChI is InChI=1S/C12H24N2O2/c1-3-14(4-2)12(16)9-13-8-10-6-5-7-11(10)15/h10-11,13,15H,3-9H2,1-2H3. The van der Waals surface area contributed by atoms with Gasteiger partial charge >= 0.3 is 0 Å². The van der Waals surface area contributed by atoms with Gasteiger partial charge in [-0.3, -0.25) is 4.79 Å². The number of amides is 1. The van der Waals surface area contributed by atoms with Crippen LogP contribution in [0, 0.1) is 5.92 Å². The van der Waals surface area contributed by atoms with Gasteiger partial charge in [-0.1, -0.05) is 6.42 Å². The summed E-state index contributed by atoms with van der Waals surface area (Å²) in [4.78, 5) is 13.5. The number of hydrogen-bond acceptors (Lipinski definition) is 3. The summed E-state index contributed by atoms with van der Waals surface area (Å²) in [7, 11) is 0. The molecule has 0 aromatic heterocycles. The minimum Gasteiger partial charge on any atom is -0.393 e. The maximum absolute atomic E-state index is 11.7. The van der Waals surface area contributed by atoms with Crippen LogP contribution in [0.2, 0.25) is 0 Å². The van der Waals surface area contributed by atoms with Crippen LogP contribution in [0.25, 0.3) is 0 Å². The molecule has 1 fully saturated rings. The van der Waals surface area contributed by atoms with Crippen LogP contribution < -0.4 is 5.32 Å². The highest BCUT2D eigenvalue weighted by molar-refractivity contribution is 5.78. The van der Waals surface area contributed by atoms with Crippen LogP contribution in [-0.4, -0.2) is 48.2 Å². The number of carbonyl (C=O) groups excluding carboxylic acids is 1. The van der Waals surface area contributed by atoms with Crippen LogP contribution >= 0.6 is 0 Å². The summed E-state index contributed by atoms with van der Waals surface area (Å²) in [5.74, 6) is 0.488. The molecule has 0 saturated heterocycles. The van der Waals surface area contributed by atoms with E-state index < -0.39 is 0 Å². The Morgan fingerprint density at radius 3 is 2.56 bits per heavy atom. The van der Waals surface area contributed by atoms with Gasteiger partial charge in [0, 0.05) is 19.6 Å². The SMILES string of the molecule is CCN(CC)C(=O)CNCC1CCCC1O. The summed E-state index contributed by atoms with van der Waals surface area (Å²) < 4.78 is 0. The number of nitrogens with one attached hydrogen (secondary N) is 1. The fraction of sp³-hybridized carbons (Fsp3) is 0.917. The zero-order valence-electron chi connectivity index (χ0n) is 10.4. The third-order valence-electron chi connectivity index (χ3n) is 3.42. The third-order valence-corrected chi connectivity index (χ3v) is 3.42. The monoisotopic (exact) mass is 228 g/mol. The smallest absolute Gasteiger partial charge is 0.236 e. The Kier molecular flexibility index (Phi) is 5.77. The van der Waals surface area contributed by atoms with E-state index in [-0.39, 0.29) is 12.0 Å². The summed E-state index contributed by atoms with van der Waals surface area (Å²) >= 11 is 0. The summed E-state index contributed by atoms with van der Waals surface area (Å²) in [6, 6.07) is 0. The first-order valence-corrected chi connectivity index (χ1v) is 6.35. The highest BCUT2D eigenvalue weighted by Gasteiger charge is 2.24. The molecule has 0 aromatic rings. The second-order valence-electron chi connectivity index (χ2n) is 4.46. The maximum atomic E-state index is 11.7. The van der Waals surface area contributed by atoms with E-state index in [0.717, 1.165) is 38.9 Å². The van der Waals surface area contributed by atoms with E-state index in [0.29, 0.717) is 12.5 Å². The lowest BCUT2D eigenvalue weighted by molar-refractivity contribution is -0.129. The largest absolute Gasteiger partial charge is 0.393 e. The van der Waals surface area contributed by atoms with Crippen molar-refractivity contribution in [3.8, 4) is 0 Å². The predicted octanol–water partition coefficient (Wildman–Crippen LogP) is 0.605. The minimum atomic E-state index is -0.170. The molecule has 0 aromatic carbocycles. The molecule has 1 saturated carbocycles. The van der Waals surface area contributed by atoms with E-state index in [4.69, 9.17) is 0 Å². The molecule has 16 heavy (non-hydrogen) atoms. The van der Waals surface area contributed by atoms with Crippen molar-refractivity contribution in [1.29, 1.82) is 0 Å². The molecular formula is C12H24N2O2. The van der Waals surface area contributed by atoms with Gasteiger partial charge in [0.2, 0.25) is 5.91 Å². The summed E-state index contributed by atoms with van der Waals surface area (Å²) in [6.45, 7) is 6.66. The molecule has 0 bridgehead atoms. The van der Waals surface area contributed by atoms with Gasteiger partial charge in [0.05, 0.1) is 12.6 Å². The molecular weight excluding hydrogens is 204 g/mol. The summed E-state index contributed by atoms with van der Waals surface area (Å²) in [6.07, 6.45) is 2.93. The Morgan fingerprint density at radius 2 is 2.06 bits per heavy atom. The van der Waals surface area contributed by atoms with Crippen LogP contribution in [-0.2, 0) is 4.79 Å². The van der Waals surface area contributed by atoms with Gasteiger partial charge in [-0.15, -0.1) is 0 Å². The predicted molar refractivity (Wildman–Crippen MR) is 64.1 cm³/mol. The van der Waals surface area contributed by atoms with Crippen molar-refractivity contribution in [2.24, 2.45) is 5.92 Å². The second-order valence-corrected chi connectivity index (χ2v) is 4.46. The van der Waals surface area contributed by atoms with Gasteiger partial charge in [-0.2, -0.15) is 0 Å². The van der Waals surface area contributed by atoms with Crippen LogP contribution in [0.4, 0.5) is 0 Å². The third kappa shape index (κ3) is 3.76. The minimum absolute atomic E-state index is 0.150. The van der Waals surface area contributed by atoms with E-state index in [2.05, 4.69) is 5.32 Å². The zero-order chi connectivity index (χ0) is 12.0. The first-order valence-electron chi connectivity index (χ1n) is 6.35. The Bertz CT molecular complexity index is 217. The van der Waals surface area contributed by atoms with E-state index >= 15 is 0 Å². The Morgan fingerprint density at radius 1 is 1.38 bits per heavy atom. The van der Waals surface area contributed by atoms with Crippen molar-refractivity contribution in [3.05, 3.63) is 0 Å². The zero-order valence-corrected chi connectivity index (χ0v) is 10.4. The van der Waals surface area contributed by atoms with Crippen molar-refractivity contribution in [3.63, 3.8) is 0 Å². The molecule has 1 amide bonds. The average molecular weight is 228 g/mol. The lowest BCUT2D eigenvalue weighted by Gasteiger charge is -2.20. The molecule has 1 rings (SSSR count). The molecule has 2 N–H and O–H groups in total. The van der Waals surface area contributed by atoms with E-state index in [1.54, 1.807) is 0 Å². The Balaban J connectivity index is 2.17. The van der Waals surface area contributed by atoms with E-state index in [1.807, 2.05) is 18.7 Å². The molecule has 1 aliphatic carbocycles. The van der Waals surface area contributed by atoms with Crippen LogP contribution in [0.5, 0.6) is 0 Å². The molecule has 2 unspecified atom stereocenters. The number of hydrogen-bond donors (Lipinski definition) is 2. The highest BCUT2D eigenvalue weighted by Crippen LogP contribution is 2.24. The molecule has 94 valence electrons. The quantitative estimate of drug-likeness (QED) is 0.700. The van der Waals surface area contributed by atoms with Crippen molar-refractivity contribution >= 4 is 5.91 Å². The molecule has 0 aliphatic heterocycles. The number of likely N-dealkylation sites (N-methyl/N-ethyl adjacent to an activating group) is 1. The Labute approximate surface area is 98.0 Å². The fourth-order valence-corrected chi connectivity index (χ4v) is 2.31. The van der Waals surface area contributed by atoms with Gasteiger partial charge < -0.3 is 15.3 Å². The first-order chi connectivity index (χ1) is 7.69. The number of nitrogens with zero attached hydrogens (tertiary/aromatic N) is 1. The van der Waals surface area contributed by atoms with Crippen molar-refractivity contribution in [2.75, 3.05) is 26.2 Å². The normalized spacial score (nSPS) is 24.7. The molecule has 4 nitrogen and oxygen atoms in total. The summed E-state index contributed by atoms with van der Waals surface area (Å²) in [5.41, 5.74) is 0. The fourth-order valence-electron chi connectivity index (χ4n) is 2.31. The van der Waals surface area contributed by atoms with E-state index in [9.17, 15) is 9.90 Å². The van der Waals surface area contributed by atoms with Crippen LogP contribution in [0.3, 0.4) is 0 Å². The van der Waals surface area contributed by atoms with Crippen molar-refractivity contribution < 1.29 is 9.90 Å². The lowest BCUT2D eigenvalue weighted by atomic mass is 10.1. The van der Waals surface area contributed by atoms with E-state index in [1.165, 1.54) is 0 Å². The molecule has 4 heteroatoms. The van der Waals surface area contributed by atoms with Crippen LogP contribution in [0.15, 0.2) is 0 Å². The molecule has 1 aliphatic rings. The van der Waals surface area contributed by atoms with Gasteiger partial charge in [0.15, 0.2) is 0 Å². The molecule has 0 heterocycles. The number of aliphatic hydroxyl groups excluding tert-OH is 1. The first kappa shape index (κ1) is 13.5. The average Bonchev–Trinajstić information content (AvgIpc) is 2.66. The van der Waals surface area contributed by atoms with Crippen molar-refractivity contribution in [1.82, 2.24) is 10.2 Å². The Hall–Kier alpha value is -0.610.